The molecule has 1 aliphatic carbocycles. The molecule has 10 nitrogen and oxygen atoms in total. The first-order valence-corrected chi connectivity index (χ1v) is 11.7. The van der Waals surface area contributed by atoms with E-state index in [0.29, 0.717) is 11.8 Å². The number of nitrogens with zero attached hydrogens (tertiary/aromatic N) is 5. The maximum atomic E-state index is 12.9. The molecule has 3 heterocycles. The zero-order valence-corrected chi connectivity index (χ0v) is 20.0. The zero-order valence-electron chi connectivity index (χ0n) is 20.0. The summed E-state index contributed by atoms with van der Waals surface area (Å²) in [5.74, 6) is 0.687. The van der Waals surface area contributed by atoms with Crippen molar-refractivity contribution in [2.24, 2.45) is 0 Å². The van der Waals surface area contributed by atoms with Crippen LogP contribution < -0.4 is 10.6 Å². The van der Waals surface area contributed by atoms with Crippen molar-refractivity contribution in [3.63, 3.8) is 0 Å². The normalized spacial score (nSPS) is 15.8. The quantitative estimate of drug-likeness (QED) is 0.362. The molecule has 0 saturated carbocycles. The zero-order chi connectivity index (χ0) is 24.4. The van der Waals surface area contributed by atoms with Gasteiger partial charge in [-0.05, 0) is 42.5 Å². The molecule has 3 N–H and O–H groups in total. The number of amides is 1. The van der Waals surface area contributed by atoms with E-state index in [9.17, 15) is 4.79 Å². The molecule has 0 fully saturated rings. The van der Waals surface area contributed by atoms with Crippen LogP contribution in [0.25, 0.3) is 11.3 Å². The van der Waals surface area contributed by atoms with E-state index in [1.54, 1.807) is 18.6 Å². The number of hydrogen-bond donors (Lipinski definition) is 3. The Kier molecular flexibility index (Phi) is 6.02. The number of rotatable bonds is 5. The van der Waals surface area contributed by atoms with Crippen molar-refractivity contribution < 1.29 is 9.32 Å². The van der Waals surface area contributed by atoms with Crippen LogP contribution in [-0.2, 0) is 11.8 Å². The highest BCUT2D eigenvalue weighted by molar-refractivity contribution is 5.90. The minimum atomic E-state index is -0.322. The maximum absolute atomic E-state index is 12.9. The van der Waals surface area contributed by atoms with E-state index >= 15 is 0 Å². The van der Waals surface area contributed by atoms with E-state index in [2.05, 4.69) is 53.1 Å². The van der Waals surface area contributed by atoms with Gasteiger partial charge in [0.15, 0.2) is 0 Å². The molecule has 1 aliphatic rings. The van der Waals surface area contributed by atoms with Gasteiger partial charge in [-0.15, -0.1) is 0 Å². The molecule has 5 rings (SSSR count). The Balaban J connectivity index is 1.37. The summed E-state index contributed by atoms with van der Waals surface area (Å²) in [5.41, 5.74) is 4.62. The first-order chi connectivity index (χ1) is 16.9. The number of nitrogens with one attached hydrogen (secondary N) is 3. The first kappa shape index (κ1) is 22.7. The van der Waals surface area contributed by atoms with Gasteiger partial charge < -0.3 is 15.2 Å². The van der Waals surface area contributed by atoms with Gasteiger partial charge in [-0.1, -0.05) is 44.5 Å². The summed E-state index contributed by atoms with van der Waals surface area (Å²) >= 11 is 0. The molecule has 4 aromatic rings. The molecular formula is C25H28N8O2. The summed E-state index contributed by atoms with van der Waals surface area (Å²) < 4.78 is 5.30. The third-order valence-corrected chi connectivity index (χ3v) is 5.99. The largest absolute Gasteiger partial charge is 0.342 e. The molecule has 0 spiro atoms. The Morgan fingerprint density at radius 2 is 2.06 bits per heavy atom. The maximum Gasteiger partial charge on any atom is 0.293 e. The van der Waals surface area contributed by atoms with Crippen molar-refractivity contribution in [2.45, 2.75) is 57.9 Å². The third kappa shape index (κ3) is 5.06. The Morgan fingerprint density at radius 1 is 1.17 bits per heavy atom. The molecule has 1 atom stereocenters. The smallest absolute Gasteiger partial charge is 0.293 e. The van der Waals surface area contributed by atoms with Crippen LogP contribution in [0.2, 0.25) is 0 Å². The number of benzene rings is 1. The van der Waals surface area contributed by atoms with Crippen LogP contribution in [0.15, 0.2) is 47.4 Å². The van der Waals surface area contributed by atoms with Crippen molar-refractivity contribution in [1.29, 1.82) is 0 Å². The molecule has 180 valence electrons. The lowest BCUT2D eigenvalue weighted by atomic mass is 9.95. The molecule has 10 heteroatoms. The standard InChI is InChI=1S/C25H28N8O2/c1-25(2,3)23-32-21(33-35-23)22(34)30-20-7-5-4-6-15-12-16(8-9-18(15)20)19-10-11-26-24(31-19)29-17-13-27-28-14-17/h8-14,20H,4-7H2,1-3H3,(H,27,28)(H,30,34)(H,26,29,31)/t20-/m1/s1. The number of fused-ring (bicyclic) bond motifs is 1. The van der Waals surface area contributed by atoms with Crippen LogP contribution in [0.1, 0.15) is 73.7 Å². The van der Waals surface area contributed by atoms with Gasteiger partial charge in [0.05, 0.1) is 23.6 Å². The number of H-pyrrole nitrogens is 1. The van der Waals surface area contributed by atoms with Crippen molar-refractivity contribution in [2.75, 3.05) is 5.32 Å². The molecule has 0 radical (unpaired) electrons. The lowest BCUT2D eigenvalue weighted by Gasteiger charge is -2.19. The van der Waals surface area contributed by atoms with Gasteiger partial charge in [-0.2, -0.15) is 10.1 Å². The van der Waals surface area contributed by atoms with Crippen molar-refractivity contribution in [3.05, 3.63) is 65.7 Å². The van der Waals surface area contributed by atoms with E-state index in [-0.39, 0.29) is 23.2 Å². The highest BCUT2D eigenvalue weighted by Crippen LogP contribution is 2.32. The summed E-state index contributed by atoms with van der Waals surface area (Å²) in [5, 5.41) is 16.8. The van der Waals surface area contributed by atoms with E-state index in [4.69, 9.17) is 4.52 Å². The predicted octanol–water partition coefficient (Wildman–Crippen LogP) is 4.49. The van der Waals surface area contributed by atoms with Gasteiger partial charge in [0.2, 0.25) is 11.8 Å². The fourth-order valence-corrected chi connectivity index (χ4v) is 4.16. The Labute approximate surface area is 203 Å². The second-order valence-electron chi connectivity index (χ2n) is 9.74. The minimum Gasteiger partial charge on any atom is -0.342 e. The molecule has 1 amide bonds. The van der Waals surface area contributed by atoms with Gasteiger partial charge >= 0.3 is 0 Å². The van der Waals surface area contributed by atoms with E-state index in [1.807, 2.05) is 32.9 Å². The molecule has 3 aromatic heterocycles. The summed E-state index contributed by atoms with van der Waals surface area (Å²) in [7, 11) is 0. The minimum absolute atomic E-state index is 0.0657. The van der Waals surface area contributed by atoms with Gasteiger partial charge in [-0.25, -0.2) is 9.97 Å². The van der Waals surface area contributed by atoms with Crippen LogP contribution in [-0.4, -0.2) is 36.2 Å². The van der Waals surface area contributed by atoms with E-state index in [1.165, 1.54) is 5.56 Å². The van der Waals surface area contributed by atoms with Crippen LogP contribution in [0.4, 0.5) is 11.6 Å². The Morgan fingerprint density at radius 3 is 2.83 bits per heavy atom. The summed E-state index contributed by atoms with van der Waals surface area (Å²) in [6.45, 7) is 5.90. The van der Waals surface area contributed by atoms with Gasteiger partial charge in [0.1, 0.15) is 0 Å². The number of carbonyl (C=O) groups is 1. The average Bonchev–Trinajstić information content (AvgIpc) is 3.50. The molecule has 0 bridgehead atoms. The summed E-state index contributed by atoms with van der Waals surface area (Å²) in [6.07, 6.45) is 9.01. The first-order valence-electron chi connectivity index (χ1n) is 11.7. The summed E-state index contributed by atoms with van der Waals surface area (Å²) in [4.78, 5) is 26.2. The van der Waals surface area contributed by atoms with Gasteiger partial charge in [-0.3, -0.25) is 9.89 Å². The van der Waals surface area contributed by atoms with E-state index in [0.717, 1.165) is 48.2 Å². The number of anilines is 2. The van der Waals surface area contributed by atoms with Crippen LogP contribution in [0.5, 0.6) is 0 Å². The van der Waals surface area contributed by atoms with Crippen LogP contribution >= 0.6 is 0 Å². The summed E-state index contributed by atoms with van der Waals surface area (Å²) in [6, 6.07) is 8.06. The number of hydrogen-bond acceptors (Lipinski definition) is 8. The lowest BCUT2D eigenvalue weighted by molar-refractivity contribution is 0.0921. The molecule has 0 saturated heterocycles. The topological polar surface area (TPSA) is 135 Å². The molecule has 0 unspecified atom stereocenters. The van der Waals surface area contributed by atoms with Crippen molar-refractivity contribution >= 4 is 17.5 Å². The predicted molar refractivity (Wildman–Crippen MR) is 130 cm³/mol. The average molecular weight is 473 g/mol. The van der Waals surface area contributed by atoms with Crippen molar-refractivity contribution in [1.82, 2.24) is 35.6 Å². The highest BCUT2D eigenvalue weighted by Gasteiger charge is 2.27. The molecule has 35 heavy (non-hydrogen) atoms. The van der Waals surface area contributed by atoms with Crippen LogP contribution in [0.3, 0.4) is 0 Å². The van der Waals surface area contributed by atoms with Crippen molar-refractivity contribution in [3.8, 4) is 11.3 Å². The molecule has 1 aromatic carbocycles. The lowest BCUT2D eigenvalue weighted by Crippen LogP contribution is -2.29. The number of aryl methyl sites for hydroxylation is 1. The van der Waals surface area contributed by atoms with Crippen LogP contribution in [0, 0.1) is 0 Å². The SMILES string of the molecule is CC(C)(C)c1nc(C(=O)N[C@@H]2CCCCc3cc(-c4ccnc(Nc5cn[nH]c5)n4)ccc32)no1. The Hall–Kier alpha value is -4.08. The second-order valence-corrected chi connectivity index (χ2v) is 9.74. The number of aromatic nitrogens is 6. The fourth-order valence-electron chi connectivity index (χ4n) is 4.16. The Bertz CT molecular complexity index is 1320. The number of carbonyl (C=O) groups excluding carboxylic acids is 1. The number of aromatic amines is 1. The molecule has 0 aliphatic heterocycles. The second kappa shape index (κ2) is 9.28. The van der Waals surface area contributed by atoms with Gasteiger partial charge in [0.25, 0.3) is 11.7 Å². The third-order valence-electron chi connectivity index (χ3n) is 5.99. The molecular weight excluding hydrogens is 444 g/mol. The van der Waals surface area contributed by atoms with Gasteiger partial charge in [0, 0.05) is 23.4 Å². The van der Waals surface area contributed by atoms with E-state index < -0.39 is 0 Å². The highest BCUT2D eigenvalue weighted by atomic mass is 16.5. The fraction of sp³-hybridized carbons (Fsp3) is 0.360. The monoisotopic (exact) mass is 472 g/mol.